The zero-order valence-electron chi connectivity index (χ0n) is 15.8. The maximum absolute atomic E-state index is 13.1. The fourth-order valence-corrected chi connectivity index (χ4v) is 4.36. The molecular formula is C21H25N3O3. The van der Waals surface area contributed by atoms with Crippen molar-refractivity contribution in [2.24, 2.45) is 0 Å². The summed E-state index contributed by atoms with van der Waals surface area (Å²) in [4.78, 5) is 23.6. The molecule has 3 atom stereocenters. The number of pyridine rings is 2. The molecule has 4 rings (SSSR count). The van der Waals surface area contributed by atoms with E-state index in [4.69, 9.17) is 9.47 Å². The molecule has 142 valence electrons. The third-order valence-electron chi connectivity index (χ3n) is 5.89. The minimum absolute atomic E-state index is 0.00114. The van der Waals surface area contributed by atoms with Gasteiger partial charge in [0.15, 0.2) is 0 Å². The van der Waals surface area contributed by atoms with E-state index in [2.05, 4.69) is 9.97 Å². The Labute approximate surface area is 159 Å². The lowest BCUT2D eigenvalue weighted by Crippen LogP contribution is -2.53. The van der Waals surface area contributed by atoms with E-state index in [1.54, 1.807) is 19.5 Å². The number of aromatic nitrogens is 2. The third kappa shape index (κ3) is 3.41. The van der Waals surface area contributed by atoms with E-state index in [1.165, 1.54) is 0 Å². The summed E-state index contributed by atoms with van der Waals surface area (Å²) in [5, 5.41) is 0. The maximum Gasteiger partial charge on any atom is 0.255 e. The Morgan fingerprint density at radius 2 is 2.11 bits per heavy atom. The molecule has 6 heteroatoms. The lowest BCUT2D eigenvalue weighted by molar-refractivity contribution is -0.0788. The first-order valence-electron chi connectivity index (χ1n) is 9.48. The second-order valence-electron chi connectivity index (χ2n) is 7.40. The summed E-state index contributed by atoms with van der Waals surface area (Å²) >= 11 is 0. The van der Waals surface area contributed by atoms with Crippen molar-refractivity contribution in [3.05, 3.63) is 54.0 Å². The molecule has 1 aliphatic carbocycles. The Balaban J connectivity index is 1.54. The molecule has 1 saturated carbocycles. The van der Waals surface area contributed by atoms with Gasteiger partial charge in [-0.15, -0.1) is 0 Å². The number of hydrogen-bond acceptors (Lipinski definition) is 5. The van der Waals surface area contributed by atoms with Gasteiger partial charge < -0.3 is 14.4 Å². The highest BCUT2D eigenvalue weighted by atomic mass is 16.5. The molecule has 0 bridgehead atoms. The highest BCUT2D eigenvalue weighted by molar-refractivity contribution is 5.94. The van der Waals surface area contributed by atoms with Gasteiger partial charge >= 0.3 is 0 Å². The Morgan fingerprint density at radius 3 is 2.81 bits per heavy atom. The molecule has 1 amide bonds. The predicted molar refractivity (Wildman–Crippen MR) is 101 cm³/mol. The second kappa shape index (κ2) is 7.27. The van der Waals surface area contributed by atoms with Crippen LogP contribution in [0.1, 0.15) is 41.7 Å². The van der Waals surface area contributed by atoms with Gasteiger partial charge in [0.2, 0.25) is 5.88 Å². The quantitative estimate of drug-likeness (QED) is 0.831. The fourth-order valence-electron chi connectivity index (χ4n) is 4.36. The number of hydrogen-bond donors (Lipinski definition) is 0. The molecule has 1 saturated heterocycles. The number of carbonyl (C=O) groups excluding carboxylic acids is 1. The van der Waals surface area contributed by atoms with Gasteiger partial charge in [0, 0.05) is 44.2 Å². The summed E-state index contributed by atoms with van der Waals surface area (Å²) in [6, 6.07) is 9.38. The van der Waals surface area contributed by atoms with E-state index < -0.39 is 0 Å². The average Bonchev–Trinajstić information content (AvgIpc) is 3.08. The van der Waals surface area contributed by atoms with E-state index in [0.717, 1.165) is 31.4 Å². The van der Waals surface area contributed by atoms with Crippen LogP contribution in [0.2, 0.25) is 0 Å². The van der Waals surface area contributed by atoms with E-state index in [1.807, 2.05) is 42.2 Å². The Bertz CT molecular complexity index is 796. The van der Waals surface area contributed by atoms with E-state index in [-0.39, 0.29) is 23.7 Å². The second-order valence-corrected chi connectivity index (χ2v) is 7.40. The number of rotatable bonds is 4. The van der Waals surface area contributed by atoms with E-state index in [9.17, 15) is 4.79 Å². The van der Waals surface area contributed by atoms with Crippen LogP contribution in [0, 0.1) is 6.92 Å². The minimum atomic E-state index is -0.280. The van der Waals surface area contributed by atoms with Gasteiger partial charge in [0.1, 0.15) is 6.10 Å². The Morgan fingerprint density at radius 1 is 1.22 bits per heavy atom. The van der Waals surface area contributed by atoms with Gasteiger partial charge in [0.05, 0.1) is 17.2 Å². The predicted octanol–water partition coefficient (Wildman–Crippen LogP) is 3.02. The van der Waals surface area contributed by atoms with Gasteiger partial charge in [-0.05, 0) is 44.4 Å². The summed E-state index contributed by atoms with van der Waals surface area (Å²) in [7, 11) is 1.76. The summed E-state index contributed by atoms with van der Waals surface area (Å²) in [5.74, 6) is 0.649. The SMILES string of the molecule is CO[C@@]12CC[C@@H](Oc3ccccn3)C[C@@H]1N(C(=O)c1ccc(C)nc1)CC2. The van der Waals surface area contributed by atoms with Crippen LogP contribution in [-0.4, -0.2) is 52.2 Å². The summed E-state index contributed by atoms with van der Waals surface area (Å²) in [6.07, 6.45) is 6.79. The fraction of sp³-hybridized carbons (Fsp3) is 0.476. The lowest BCUT2D eigenvalue weighted by atomic mass is 9.79. The normalized spacial score (nSPS) is 27.3. The molecule has 3 heterocycles. The number of likely N-dealkylation sites (tertiary alicyclic amines) is 1. The molecule has 2 aromatic rings. The minimum Gasteiger partial charge on any atom is -0.474 e. The topological polar surface area (TPSA) is 64.6 Å². The molecule has 0 unspecified atom stereocenters. The van der Waals surface area contributed by atoms with Crippen molar-refractivity contribution in [1.29, 1.82) is 0 Å². The van der Waals surface area contributed by atoms with E-state index >= 15 is 0 Å². The number of amides is 1. The smallest absolute Gasteiger partial charge is 0.255 e. The number of methoxy groups -OCH3 is 1. The maximum atomic E-state index is 13.1. The van der Waals surface area contributed by atoms with Gasteiger partial charge in [-0.2, -0.15) is 0 Å². The molecule has 2 aliphatic rings. The van der Waals surface area contributed by atoms with Crippen molar-refractivity contribution in [3.8, 4) is 5.88 Å². The first-order valence-corrected chi connectivity index (χ1v) is 9.48. The molecule has 2 aromatic heterocycles. The lowest BCUT2D eigenvalue weighted by Gasteiger charge is -2.43. The van der Waals surface area contributed by atoms with Crippen molar-refractivity contribution in [3.63, 3.8) is 0 Å². The highest BCUT2D eigenvalue weighted by Crippen LogP contribution is 2.43. The Kier molecular flexibility index (Phi) is 4.83. The molecular weight excluding hydrogens is 342 g/mol. The third-order valence-corrected chi connectivity index (χ3v) is 5.89. The molecule has 1 aliphatic heterocycles. The van der Waals surface area contributed by atoms with Gasteiger partial charge in [-0.3, -0.25) is 9.78 Å². The van der Waals surface area contributed by atoms with Crippen LogP contribution in [0.3, 0.4) is 0 Å². The van der Waals surface area contributed by atoms with Gasteiger partial charge in [0.25, 0.3) is 5.91 Å². The van der Waals surface area contributed by atoms with Crippen molar-refractivity contribution >= 4 is 5.91 Å². The molecule has 0 N–H and O–H groups in total. The molecule has 6 nitrogen and oxygen atoms in total. The summed E-state index contributed by atoms with van der Waals surface area (Å²) < 4.78 is 12.0. The van der Waals surface area contributed by atoms with Crippen molar-refractivity contribution in [2.45, 2.75) is 50.4 Å². The van der Waals surface area contributed by atoms with Crippen molar-refractivity contribution < 1.29 is 14.3 Å². The van der Waals surface area contributed by atoms with Gasteiger partial charge in [-0.25, -0.2) is 4.98 Å². The number of nitrogens with zero attached hydrogens (tertiary/aromatic N) is 3. The zero-order chi connectivity index (χ0) is 18.9. The van der Waals surface area contributed by atoms with Crippen LogP contribution in [0.15, 0.2) is 42.7 Å². The number of aryl methyl sites for hydroxylation is 1. The summed E-state index contributed by atoms with van der Waals surface area (Å²) in [6.45, 7) is 2.61. The largest absolute Gasteiger partial charge is 0.474 e. The first kappa shape index (κ1) is 17.9. The molecule has 0 spiro atoms. The zero-order valence-corrected chi connectivity index (χ0v) is 15.8. The van der Waals surface area contributed by atoms with Crippen LogP contribution >= 0.6 is 0 Å². The van der Waals surface area contributed by atoms with Crippen molar-refractivity contribution in [1.82, 2.24) is 14.9 Å². The van der Waals surface area contributed by atoms with Crippen LogP contribution in [-0.2, 0) is 4.74 Å². The summed E-state index contributed by atoms with van der Waals surface area (Å²) in [5.41, 5.74) is 1.25. The average molecular weight is 367 g/mol. The monoisotopic (exact) mass is 367 g/mol. The first-order chi connectivity index (χ1) is 13.1. The van der Waals surface area contributed by atoms with Crippen LogP contribution < -0.4 is 4.74 Å². The van der Waals surface area contributed by atoms with Gasteiger partial charge in [-0.1, -0.05) is 6.07 Å². The number of ether oxygens (including phenoxy) is 2. The highest BCUT2D eigenvalue weighted by Gasteiger charge is 2.53. The molecule has 0 radical (unpaired) electrons. The number of carbonyl (C=O) groups is 1. The van der Waals surface area contributed by atoms with Crippen LogP contribution in [0.4, 0.5) is 0 Å². The van der Waals surface area contributed by atoms with Crippen molar-refractivity contribution in [2.75, 3.05) is 13.7 Å². The van der Waals surface area contributed by atoms with E-state index in [0.29, 0.717) is 18.0 Å². The molecule has 0 aromatic carbocycles. The Hall–Kier alpha value is -2.47. The standard InChI is InChI=1S/C21H25N3O3/c1-15-6-7-16(14-23-15)20(25)24-12-10-21(26-2)9-8-17(13-18(21)24)27-19-5-3-4-11-22-19/h3-7,11,14,17-18H,8-10,12-13H2,1-2H3/t17-,18+,21-/m1/s1. The van der Waals surface area contributed by atoms with Crippen LogP contribution in [0.25, 0.3) is 0 Å². The molecule has 2 fully saturated rings. The number of fused-ring (bicyclic) bond motifs is 1. The molecule has 27 heavy (non-hydrogen) atoms. The van der Waals surface area contributed by atoms with Crippen LogP contribution in [0.5, 0.6) is 5.88 Å².